The van der Waals surface area contributed by atoms with Crippen molar-refractivity contribution in [3.8, 4) is 0 Å². The Morgan fingerprint density at radius 1 is 1.53 bits per heavy atom. The Bertz CT molecular complexity index is 422. The third-order valence-electron chi connectivity index (χ3n) is 3.38. The van der Waals surface area contributed by atoms with Gasteiger partial charge in [0, 0.05) is 18.7 Å². The minimum absolute atomic E-state index is 0.299. The van der Waals surface area contributed by atoms with Crippen molar-refractivity contribution < 1.29 is 9.90 Å². The van der Waals surface area contributed by atoms with Crippen LogP contribution in [0.2, 0.25) is 5.02 Å². The van der Waals surface area contributed by atoms with E-state index in [-0.39, 0.29) is 6.10 Å². The highest BCUT2D eigenvalue weighted by atomic mass is 35.5. The van der Waals surface area contributed by atoms with Gasteiger partial charge in [-0.3, -0.25) is 4.79 Å². The van der Waals surface area contributed by atoms with Crippen molar-refractivity contribution in [2.75, 3.05) is 18.0 Å². The fraction of sp³-hybridized carbons (Fsp3) is 0.462. The van der Waals surface area contributed by atoms with E-state index in [1.165, 1.54) is 0 Å². The number of aliphatic hydroxyl groups excluding tert-OH is 1. The molecule has 92 valence electrons. The van der Waals surface area contributed by atoms with Crippen LogP contribution < -0.4 is 4.90 Å². The zero-order valence-electron chi connectivity index (χ0n) is 9.77. The first kappa shape index (κ1) is 12.4. The molecule has 1 fully saturated rings. The molecule has 17 heavy (non-hydrogen) atoms. The van der Waals surface area contributed by atoms with E-state index in [1.807, 2.05) is 11.8 Å². The molecule has 1 aliphatic heterocycles. The van der Waals surface area contributed by atoms with E-state index in [9.17, 15) is 9.90 Å². The summed E-state index contributed by atoms with van der Waals surface area (Å²) in [6.07, 6.45) is 1.36. The van der Waals surface area contributed by atoms with E-state index in [0.717, 1.165) is 24.9 Å². The molecule has 0 spiro atoms. The number of carbonyl (C=O) groups excluding carboxylic acids is 1. The molecule has 2 rings (SSSR count). The van der Waals surface area contributed by atoms with Gasteiger partial charge in [-0.2, -0.15) is 0 Å². The molecule has 0 radical (unpaired) electrons. The molecule has 0 aromatic heterocycles. The number of anilines is 1. The van der Waals surface area contributed by atoms with Gasteiger partial charge in [0.1, 0.15) is 0 Å². The highest BCUT2D eigenvalue weighted by Gasteiger charge is 2.26. The second-order valence-electron chi connectivity index (χ2n) is 4.57. The zero-order valence-corrected chi connectivity index (χ0v) is 10.5. The van der Waals surface area contributed by atoms with Gasteiger partial charge in [0.2, 0.25) is 0 Å². The number of rotatable bonds is 2. The number of nitrogens with zero attached hydrogens (tertiary/aromatic N) is 1. The summed E-state index contributed by atoms with van der Waals surface area (Å²) in [5.74, 6) is 0.299. The molecule has 0 bridgehead atoms. The van der Waals surface area contributed by atoms with Crippen LogP contribution >= 0.6 is 11.6 Å². The molecule has 0 aliphatic carbocycles. The van der Waals surface area contributed by atoms with Crippen LogP contribution in [-0.2, 0) is 0 Å². The summed E-state index contributed by atoms with van der Waals surface area (Å²) in [5.41, 5.74) is 1.33. The lowest BCUT2D eigenvalue weighted by Gasteiger charge is -2.36. The summed E-state index contributed by atoms with van der Waals surface area (Å²) in [4.78, 5) is 13.0. The summed E-state index contributed by atoms with van der Waals surface area (Å²) in [7, 11) is 0. The number of para-hydroxylation sites is 1. The topological polar surface area (TPSA) is 40.5 Å². The minimum atomic E-state index is -0.362. The first-order valence-electron chi connectivity index (χ1n) is 5.80. The van der Waals surface area contributed by atoms with Gasteiger partial charge in [0.05, 0.1) is 16.8 Å². The van der Waals surface area contributed by atoms with Gasteiger partial charge in [-0.15, -0.1) is 0 Å². The van der Waals surface area contributed by atoms with E-state index >= 15 is 0 Å². The number of aldehydes is 1. The summed E-state index contributed by atoms with van der Waals surface area (Å²) in [6, 6.07) is 5.28. The van der Waals surface area contributed by atoms with Crippen LogP contribution in [0.5, 0.6) is 0 Å². The number of benzene rings is 1. The maximum atomic E-state index is 11.0. The van der Waals surface area contributed by atoms with Gasteiger partial charge in [0.25, 0.3) is 0 Å². The molecule has 0 saturated carbocycles. The van der Waals surface area contributed by atoms with Crippen molar-refractivity contribution >= 4 is 23.6 Å². The van der Waals surface area contributed by atoms with Crippen LogP contribution in [-0.4, -0.2) is 30.6 Å². The van der Waals surface area contributed by atoms with Crippen molar-refractivity contribution in [1.29, 1.82) is 0 Å². The van der Waals surface area contributed by atoms with E-state index in [4.69, 9.17) is 11.6 Å². The predicted molar refractivity (Wildman–Crippen MR) is 68.8 cm³/mol. The van der Waals surface area contributed by atoms with Crippen molar-refractivity contribution in [2.24, 2.45) is 5.92 Å². The standard InChI is InChI=1S/C13H16ClNO2/c1-9-5-6-15(7-12(9)17)13-10(8-16)3-2-4-11(13)14/h2-4,8-9,12,17H,5-7H2,1H3. The van der Waals surface area contributed by atoms with E-state index in [0.29, 0.717) is 23.0 Å². The van der Waals surface area contributed by atoms with Crippen LogP contribution in [0, 0.1) is 5.92 Å². The largest absolute Gasteiger partial charge is 0.391 e. The number of halogens is 1. The third-order valence-corrected chi connectivity index (χ3v) is 3.68. The second-order valence-corrected chi connectivity index (χ2v) is 4.98. The van der Waals surface area contributed by atoms with Gasteiger partial charge < -0.3 is 10.0 Å². The van der Waals surface area contributed by atoms with Crippen molar-refractivity contribution in [1.82, 2.24) is 0 Å². The van der Waals surface area contributed by atoms with Crippen molar-refractivity contribution in [3.05, 3.63) is 28.8 Å². The van der Waals surface area contributed by atoms with Crippen LogP contribution in [0.3, 0.4) is 0 Å². The summed E-state index contributed by atoms with van der Waals surface area (Å²) in [6.45, 7) is 3.39. The number of β-amino-alcohol motifs (C(OH)–C–C–N with tert-alkyl or cyclic N) is 1. The second kappa shape index (κ2) is 5.07. The quantitative estimate of drug-likeness (QED) is 0.823. The smallest absolute Gasteiger partial charge is 0.152 e. The maximum Gasteiger partial charge on any atom is 0.152 e. The Kier molecular flexibility index (Phi) is 3.69. The first-order valence-corrected chi connectivity index (χ1v) is 6.18. The van der Waals surface area contributed by atoms with Gasteiger partial charge in [0.15, 0.2) is 6.29 Å². The summed E-state index contributed by atoms with van der Waals surface area (Å²) < 4.78 is 0. The van der Waals surface area contributed by atoms with Crippen LogP contribution in [0.25, 0.3) is 0 Å². The number of aliphatic hydroxyl groups is 1. The SMILES string of the molecule is CC1CCN(c2c(Cl)cccc2C=O)CC1O. The molecule has 1 N–H and O–H groups in total. The average Bonchev–Trinajstić information content (AvgIpc) is 2.32. The lowest BCUT2D eigenvalue weighted by Crippen LogP contribution is -2.43. The molecule has 1 heterocycles. The zero-order chi connectivity index (χ0) is 12.4. The average molecular weight is 254 g/mol. The maximum absolute atomic E-state index is 11.0. The van der Waals surface area contributed by atoms with Crippen molar-refractivity contribution in [2.45, 2.75) is 19.4 Å². The minimum Gasteiger partial charge on any atom is -0.391 e. The van der Waals surface area contributed by atoms with Gasteiger partial charge in [-0.05, 0) is 24.5 Å². The molecule has 1 aliphatic rings. The van der Waals surface area contributed by atoms with Crippen LogP contribution in [0.15, 0.2) is 18.2 Å². The van der Waals surface area contributed by atoms with Gasteiger partial charge in [-0.1, -0.05) is 24.6 Å². The molecule has 3 nitrogen and oxygen atoms in total. The summed E-state index contributed by atoms with van der Waals surface area (Å²) in [5, 5.41) is 10.5. The Morgan fingerprint density at radius 3 is 2.94 bits per heavy atom. The van der Waals surface area contributed by atoms with Crippen LogP contribution in [0.1, 0.15) is 23.7 Å². The number of carbonyl (C=O) groups is 1. The van der Waals surface area contributed by atoms with Gasteiger partial charge >= 0.3 is 0 Å². The Morgan fingerprint density at radius 2 is 2.29 bits per heavy atom. The molecule has 0 amide bonds. The molecule has 4 heteroatoms. The predicted octanol–water partition coefficient (Wildman–Crippen LogP) is 2.36. The van der Waals surface area contributed by atoms with Crippen molar-refractivity contribution in [3.63, 3.8) is 0 Å². The number of hydrogen-bond donors (Lipinski definition) is 1. The number of piperidine rings is 1. The molecule has 2 atom stereocenters. The monoisotopic (exact) mass is 253 g/mol. The highest BCUT2D eigenvalue weighted by Crippen LogP contribution is 2.32. The summed E-state index contributed by atoms with van der Waals surface area (Å²) >= 11 is 6.14. The Balaban J connectivity index is 2.31. The third kappa shape index (κ3) is 2.45. The van der Waals surface area contributed by atoms with E-state index < -0.39 is 0 Å². The Hall–Kier alpha value is -1.06. The Labute approximate surface area is 106 Å². The molecule has 1 aromatic rings. The lowest BCUT2D eigenvalue weighted by atomic mass is 9.95. The normalized spacial score (nSPS) is 24.8. The fourth-order valence-electron chi connectivity index (χ4n) is 2.21. The molecular formula is C13H16ClNO2. The van der Waals surface area contributed by atoms with Crippen LogP contribution in [0.4, 0.5) is 5.69 Å². The lowest BCUT2D eigenvalue weighted by molar-refractivity contribution is 0.102. The molecule has 2 unspecified atom stereocenters. The fourth-order valence-corrected chi connectivity index (χ4v) is 2.51. The molecule has 1 aromatic carbocycles. The van der Waals surface area contributed by atoms with E-state index in [2.05, 4.69) is 0 Å². The van der Waals surface area contributed by atoms with Gasteiger partial charge in [-0.25, -0.2) is 0 Å². The molecule has 1 saturated heterocycles. The highest BCUT2D eigenvalue weighted by molar-refractivity contribution is 6.33. The van der Waals surface area contributed by atoms with E-state index in [1.54, 1.807) is 18.2 Å². The molecular weight excluding hydrogens is 238 g/mol. The number of hydrogen-bond acceptors (Lipinski definition) is 3. The first-order chi connectivity index (χ1) is 8.13.